The summed E-state index contributed by atoms with van der Waals surface area (Å²) < 4.78 is 11.3. The summed E-state index contributed by atoms with van der Waals surface area (Å²) in [5.74, 6) is 0.401. The van der Waals surface area contributed by atoms with Crippen LogP contribution in [-0.4, -0.2) is 39.9 Å². The average Bonchev–Trinajstić information content (AvgIpc) is 2.38. The minimum absolute atomic E-state index is 0.678. The predicted octanol–water partition coefficient (Wildman–Crippen LogP) is 1.35. The van der Waals surface area contributed by atoms with Crippen molar-refractivity contribution in [1.82, 2.24) is 0 Å². The number of para-hydroxylation sites is 1. The lowest BCUT2D eigenvalue weighted by atomic mass is 10.1. The van der Waals surface area contributed by atoms with Crippen LogP contribution in [-0.2, 0) is 15.6 Å². The number of carbonyl (C=O) groups is 1. The van der Waals surface area contributed by atoms with Crippen LogP contribution in [0.5, 0.6) is 0 Å². The zero-order valence-electron chi connectivity index (χ0n) is 9.91. The molecule has 0 unspecified atom stereocenters. The summed E-state index contributed by atoms with van der Waals surface area (Å²) in [6, 6.07) is 7.67. The molecule has 1 aromatic carbocycles. The number of anilines is 1. The van der Waals surface area contributed by atoms with Gasteiger partial charge in [0.1, 0.15) is 0 Å². The lowest BCUT2D eigenvalue weighted by Crippen LogP contribution is -2.38. The number of rotatable bonds is 3. The van der Waals surface area contributed by atoms with E-state index in [9.17, 15) is 9.00 Å². The van der Waals surface area contributed by atoms with E-state index in [0.29, 0.717) is 11.5 Å². The third-order valence-corrected chi connectivity index (χ3v) is 4.14. The van der Waals surface area contributed by atoms with Gasteiger partial charge in [0.25, 0.3) is 0 Å². The van der Waals surface area contributed by atoms with Crippen LogP contribution in [0.1, 0.15) is 5.56 Å². The monoisotopic (exact) mass is 265 g/mol. The molecule has 1 saturated heterocycles. The SMILES string of the molecule is O=C(O)/C=C/c1ccccc1N1CCS(=O)CC1. The van der Waals surface area contributed by atoms with Gasteiger partial charge in [0.15, 0.2) is 0 Å². The second-order valence-corrected chi connectivity index (χ2v) is 5.76. The molecular weight excluding hydrogens is 250 g/mol. The number of carboxylic acids is 1. The molecule has 96 valence electrons. The molecule has 1 aromatic rings. The maximum atomic E-state index is 11.3. The first kappa shape index (κ1) is 12.8. The van der Waals surface area contributed by atoms with Gasteiger partial charge in [0.2, 0.25) is 0 Å². The maximum absolute atomic E-state index is 11.3. The Morgan fingerprint density at radius 3 is 2.61 bits per heavy atom. The van der Waals surface area contributed by atoms with Gasteiger partial charge in [0.05, 0.1) is 0 Å². The Kier molecular flexibility index (Phi) is 4.15. The van der Waals surface area contributed by atoms with Crippen LogP contribution in [0.15, 0.2) is 30.3 Å². The van der Waals surface area contributed by atoms with E-state index >= 15 is 0 Å². The Labute approximate surface area is 108 Å². The minimum atomic E-state index is -0.954. The Hall–Kier alpha value is -1.62. The predicted molar refractivity (Wildman–Crippen MR) is 73.2 cm³/mol. The van der Waals surface area contributed by atoms with Crippen LogP contribution >= 0.6 is 0 Å². The van der Waals surface area contributed by atoms with Crippen molar-refractivity contribution in [2.45, 2.75) is 0 Å². The molecule has 0 aromatic heterocycles. The average molecular weight is 265 g/mol. The van der Waals surface area contributed by atoms with Gasteiger partial charge < -0.3 is 10.0 Å². The normalized spacial score (nSPS) is 17.2. The first-order chi connectivity index (χ1) is 8.66. The van der Waals surface area contributed by atoms with E-state index in [1.807, 2.05) is 24.3 Å². The van der Waals surface area contributed by atoms with Gasteiger partial charge in [-0.05, 0) is 17.7 Å². The highest BCUT2D eigenvalue weighted by Gasteiger charge is 2.16. The summed E-state index contributed by atoms with van der Waals surface area (Å²) >= 11 is 0. The zero-order valence-corrected chi connectivity index (χ0v) is 10.7. The molecule has 1 N–H and O–H groups in total. The summed E-state index contributed by atoms with van der Waals surface area (Å²) in [6.07, 6.45) is 2.74. The van der Waals surface area contributed by atoms with Crippen molar-refractivity contribution in [2.24, 2.45) is 0 Å². The Morgan fingerprint density at radius 2 is 1.94 bits per heavy atom. The highest BCUT2D eigenvalue weighted by Crippen LogP contribution is 2.22. The number of hydrogen-bond donors (Lipinski definition) is 1. The van der Waals surface area contributed by atoms with Gasteiger partial charge in [0, 0.05) is 47.2 Å². The third kappa shape index (κ3) is 3.20. The molecule has 18 heavy (non-hydrogen) atoms. The molecule has 0 spiro atoms. The molecule has 1 fully saturated rings. The molecule has 0 amide bonds. The summed E-state index contributed by atoms with van der Waals surface area (Å²) in [5, 5.41) is 8.67. The van der Waals surface area contributed by atoms with E-state index in [0.717, 1.165) is 30.4 Å². The second kappa shape index (κ2) is 5.82. The number of nitrogens with zero attached hydrogens (tertiary/aromatic N) is 1. The van der Waals surface area contributed by atoms with Gasteiger partial charge >= 0.3 is 5.97 Å². The van der Waals surface area contributed by atoms with Crippen molar-refractivity contribution in [3.63, 3.8) is 0 Å². The largest absolute Gasteiger partial charge is 0.478 e. The lowest BCUT2D eigenvalue weighted by molar-refractivity contribution is -0.131. The smallest absolute Gasteiger partial charge is 0.328 e. The summed E-state index contributed by atoms with van der Waals surface area (Å²) in [6.45, 7) is 1.51. The standard InChI is InChI=1S/C13H15NO3S/c15-13(16)6-5-11-3-1-2-4-12(11)14-7-9-18(17)10-8-14/h1-6H,7-10H2,(H,15,16)/b6-5+. The molecule has 0 saturated carbocycles. The summed E-state index contributed by atoms with van der Waals surface area (Å²) in [5.41, 5.74) is 1.89. The second-order valence-electron chi connectivity index (χ2n) is 4.07. The van der Waals surface area contributed by atoms with E-state index in [2.05, 4.69) is 4.90 Å². The topological polar surface area (TPSA) is 57.6 Å². The quantitative estimate of drug-likeness (QED) is 0.838. The Morgan fingerprint density at radius 1 is 1.28 bits per heavy atom. The van der Waals surface area contributed by atoms with Crippen LogP contribution in [0.4, 0.5) is 5.69 Å². The van der Waals surface area contributed by atoms with Crippen LogP contribution in [0.3, 0.4) is 0 Å². The van der Waals surface area contributed by atoms with Gasteiger partial charge in [-0.3, -0.25) is 4.21 Å². The van der Waals surface area contributed by atoms with Crippen molar-refractivity contribution in [3.8, 4) is 0 Å². The van der Waals surface area contributed by atoms with E-state index in [1.165, 1.54) is 0 Å². The van der Waals surface area contributed by atoms with Crippen LogP contribution in [0.2, 0.25) is 0 Å². The molecular formula is C13H15NO3S. The van der Waals surface area contributed by atoms with Crippen molar-refractivity contribution in [3.05, 3.63) is 35.9 Å². The van der Waals surface area contributed by atoms with Gasteiger partial charge in [-0.25, -0.2) is 4.79 Å². The minimum Gasteiger partial charge on any atom is -0.478 e. The highest BCUT2D eigenvalue weighted by molar-refractivity contribution is 7.85. The molecule has 1 aliphatic heterocycles. The molecule has 1 heterocycles. The molecule has 2 rings (SSSR count). The zero-order chi connectivity index (χ0) is 13.0. The number of hydrogen-bond acceptors (Lipinski definition) is 3. The number of aliphatic carboxylic acids is 1. The summed E-state index contributed by atoms with van der Waals surface area (Å²) in [4.78, 5) is 12.7. The van der Waals surface area contributed by atoms with E-state index in [-0.39, 0.29) is 0 Å². The fraction of sp³-hybridized carbons (Fsp3) is 0.308. The molecule has 1 aliphatic rings. The molecule has 0 bridgehead atoms. The van der Waals surface area contributed by atoms with Crippen LogP contribution in [0.25, 0.3) is 6.08 Å². The maximum Gasteiger partial charge on any atom is 0.328 e. The van der Waals surface area contributed by atoms with Gasteiger partial charge in [-0.2, -0.15) is 0 Å². The van der Waals surface area contributed by atoms with Crippen LogP contribution in [0, 0.1) is 0 Å². The summed E-state index contributed by atoms with van der Waals surface area (Å²) in [7, 11) is -0.706. The van der Waals surface area contributed by atoms with Gasteiger partial charge in [-0.1, -0.05) is 18.2 Å². The molecule has 0 radical (unpaired) electrons. The van der Waals surface area contributed by atoms with Gasteiger partial charge in [-0.15, -0.1) is 0 Å². The van der Waals surface area contributed by atoms with E-state index in [4.69, 9.17) is 5.11 Å². The van der Waals surface area contributed by atoms with Crippen molar-refractivity contribution in [1.29, 1.82) is 0 Å². The first-order valence-electron chi connectivity index (χ1n) is 5.77. The third-order valence-electron chi connectivity index (χ3n) is 2.86. The van der Waals surface area contributed by atoms with Crippen molar-refractivity contribution < 1.29 is 14.1 Å². The molecule has 4 nitrogen and oxygen atoms in total. The fourth-order valence-corrected chi connectivity index (χ4v) is 3.01. The number of carboxylic acid groups (broad SMARTS) is 1. The van der Waals surface area contributed by atoms with Crippen molar-refractivity contribution >= 4 is 28.5 Å². The lowest BCUT2D eigenvalue weighted by Gasteiger charge is -2.29. The molecule has 5 heteroatoms. The molecule has 0 atom stereocenters. The van der Waals surface area contributed by atoms with E-state index in [1.54, 1.807) is 6.08 Å². The highest BCUT2D eigenvalue weighted by atomic mass is 32.2. The van der Waals surface area contributed by atoms with Crippen LogP contribution < -0.4 is 4.90 Å². The first-order valence-corrected chi connectivity index (χ1v) is 7.25. The number of benzene rings is 1. The fourth-order valence-electron chi connectivity index (χ4n) is 1.96. The molecule has 0 aliphatic carbocycles. The van der Waals surface area contributed by atoms with E-state index < -0.39 is 16.8 Å². The Balaban J connectivity index is 2.21. The Bertz CT molecular complexity index is 489. The van der Waals surface area contributed by atoms with Crippen molar-refractivity contribution in [2.75, 3.05) is 29.5 Å².